The summed E-state index contributed by atoms with van der Waals surface area (Å²) in [5.74, 6) is -0.495. The molecule has 0 bridgehead atoms. The Balaban J connectivity index is 1.88. The Bertz CT molecular complexity index is 1070. The summed E-state index contributed by atoms with van der Waals surface area (Å²) in [5.41, 5.74) is 2.65. The van der Waals surface area contributed by atoms with Crippen molar-refractivity contribution in [1.29, 1.82) is 0 Å². The van der Waals surface area contributed by atoms with Crippen molar-refractivity contribution in [2.24, 2.45) is 0 Å². The molecule has 0 fully saturated rings. The van der Waals surface area contributed by atoms with Gasteiger partial charge < -0.3 is 9.47 Å². The number of carbonyl (C=O) groups is 2. The lowest BCUT2D eigenvalue weighted by molar-refractivity contribution is -0.132. The fourth-order valence-electron chi connectivity index (χ4n) is 2.72. The summed E-state index contributed by atoms with van der Waals surface area (Å²) in [6.45, 7) is 4.68. The molecule has 146 valence electrons. The molecular weight excluding hydrogens is 486 g/mol. The number of hydrogen-bond donors (Lipinski definition) is 0. The summed E-state index contributed by atoms with van der Waals surface area (Å²) < 4.78 is 25.6. The standard InChI is InChI=1S/C23H16FIO4/c1-3-21(27)29-18-10-6-16(7-11-18)20-13-12-19(22(24)23(20)25)15-4-8-17(9-5-15)28-14(2)26/h3-13H,1H2,2H3. The van der Waals surface area contributed by atoms with E-state index in [1.165, 1.54) is 6.92 Å². The van der Waals surface area contributed by atoms with Gasteiger partial charge in [-0.1, -0.05) is 43.0 Å². The molecule has 0 saturated carbocycles. The number of rotatable bonds is 5. The zero-order valence-corrected chi connectivity index (χ0v) is 17.6. The van der Waals surface area contributed by atoms with Crippen LogP contribution < -0.4 is 9.47 Å². The van der Waals surface area contributed by atoms with Crippen molar-refractivity contribution < 1.29 is 23.5 Å². The topological polar surface area (TPSA) is 52.6 Å². The average molecular weight is 502 g/mol. The lowest BCUT2D eigenvalue weighted by Crippen LogP contribution is -2.02. The van der Waals surface area contributed by atoms with Crippen molar-refractivity contribution >= 4 is 34.5 Å². The highest BCUT2D eigenvalue weighted by atomic mass is 127. The number of carbonyl (C=O) groups excluding carboxylic acids is 2. The maximum atomic E-state index is 15.1. The van der Waals surface area contributed by atoms with Crippen molar-refractivity contribution in [1.82, 2.24) is 0 Å². The van der Waals surface area contributed by atoms with Crippen molar-refractivity contribution in [3.05, 3.63) is 82.7 Å². The first-order valence-electron chi connectivity index (χ1n) is 8.60. The molecule has 29 heavy (non-hydrogen) atoms. The minimum absolute atomic E-state index is 0.342. The van der Waals surface area contributed by atoms with Gasteiger partial charge in [-0.3, -0.25) is 4.79 Å². The number of ether oxygens (including phenoxy) is 2. The Morgan fingerprint density at radius 2 is 1.34 bits per heavy atom. The fourth-order valence-corrected chi connectivity index (χ4v) is 3.51. The molecular formula is C23H16FIO4. The second-order valence-electron chi connectivity index (χ2n) is 6.06. The van der Waals surface area contributed by atoms with Crippen molar-refractivity contribution in [2.75, 3.05) is 0 Å². The molecule has 3 aromatic rings. The van der Waals surface area contributed by atoms with E-state index in [9.17, 15) is 9.59 Å². The number of halogens is 2. The number of esters is 2. The maximum Gasteiger partial charge on any atom is 0.335 e. The monoisotopic (exact) mass is 502 g/mol. The van der Waals surface area contributed by atoms with Crippen LogP contribution in [0.25, 0.3) is 22.3 Å². The van der Waals surface area contributed by atoms with E-state index in [2.05, 4.69) is 6.58 Å². The van der Waals surface area contributed by atoms with Gasteiger partial charge in [-0.2, -0.15) is 0 Å². The molecule has 0 unspecified atom stereocenters. The molecule has 0 radical (unpaired) electrons. The van der Waals surface area contributed by atoms with Gasteiger partial charge in [-0.05, 0) is 63.5 Å². The van der Waals surface area contributed by atoms with E-state index in [4.69, 9.17) is 9.47 Å². The van der Waals surface area contributed by atoms with Crippen LogP contribution >= 0.6 is 22.6 Å². The molecule has 3 rings (SSSR count). The predicted molar refractivity (Wildman–Crippen MR) is 117 cm³/mol. The van der Waals surface area contributed by atoms with Gasteiger partial charge in [0.25, 0.3) is 0 Å². The summed E-state index contributed by atoms with van der Waals surface area (Å²) in [7, 11) is 0. The molecule has 6 heteroatoms. The molecule has 0 aliphatic carbocycles. The van der Waals surface area contributed by atoms with E-state index in [0.717, 1.165) is 17.2 Å². The normalized spacial score (nSPS) is 10.3. The zero-order chi connectivity index (χ0) is 21.0. The highest BCUT2D eigenvalue weighted by Gasteiger charge is 2.14. The van der Waals surface area contributed by atoms with Gasteiger partial charge in [0.15, 0.2) is 0 Å². The Morgan fingerprint density at radius 1 is 0.862 bits per heavy atom. The quantitative estimate of drug-likeness (QED) is 0.192. The molecule has 4 nitrogen and oxygen atoms in total. The number of hydrogen-bond acceptors (Lipinski definition) is 4. The molecule has 0 aromatic heterocycles. The zero-order valence-electron chi connectivity index (χ0n) is 15.4. The third-order valence-corrected chi connectivity index (χ3v) is 5.11. The van der Waals surface area contributed by atoms with E-state index in [0.29, 0.717) is 26.2 Å². The van der Waals surface area contributed by atoms with E-state index in [-0.39, 0.29) is 5.82 Å². The van der Waals surface area contributed by atoms with Crippen LogP contribution in [0.15, 0.2) is 73.3 Å². The van der Waals surface area contributed by atoms with E-state index < -0.39 is 11.9 Å². The summed E-state index contributed by atoms with van der Waals surface area (Å²) in [6, 6.07) is 17.0. The third kappa shape index (κ3) is 4.89. The van der Waals surface area contributed by atoms with Crippen molar-refractivity contribution in [3.8, 4) is 33.8 Å². The second kappa shape index (κ2) is 9.00. The third-order valence-electron chi connectivity index (χ3n) is 4.06. The largest absolute Gasteiger partial charge is 0.427 e. The summed E-state index contributed by atoms with van der Waals surface area (Å²) in [5, 5.41) is 0. The van der Waals surface area contributed by atoms with E-state index in [1.54, 1.807) is 54.6 Å². The lowest BCUT2D eigenvalue weighted by atomic mass is 9.99. The predicted octanol–water partition coefficient (Wildman–Crippen LogP) is 5.78. The molecule has 3 aromatic carbocycles. The number of benzene rings is 3. The van der Waals surface area contributed by atoms with Gasteiger partial charge in [0, 0.05) is 18.6 Å². The first kappa shape index (κ1) is 20.7. The summed E-state index contributed by atoms with van der Waals surface area (Å²) in [6.07, 6.45) is 1.09. The Hall–Kier alpha value is -3.00. The molecule has 0 N–H and O–H groups in total. The molecule has 0 heterocycles. The van der Waals surface area contributed by atoms with Crippen LogP contribution in [0.3, 0.4) is 0 Å². The summed E-state index contributed by atoms with van der Waals surface area (Å²) in [4.78, 5) is 22.3. The van der Waals surface area contributed by atoms with Crippen LogP contribution in [0.5, 0.6) is 11.5 Å². The van der Waals surface area contributed by atoms with Gasteiger partial charge in [0.2, 0.25) is 0 Å². The molecule has 0 atom stereocenters. The molecule has 0 aliphatic rings. The molecule has 0 spiro atoms. The van der Waals surface area contributed by atoms with Gasteiger partial charge in [-0.25, -0.2) is 9.18 Å². The molecule has 0 aliphatic heterocycles. The van der Waals surface area contributed by atoms with Gasteiger partial charge in [-0.15, -0.1) is 0 Å². The van der Waals surface area contributed by atoms with Crippen molar-refractivity contribution in [2.45, 2.75) is 6.92 Å². The van der Waals surface area contributed by atoms with Crippen LogP contribution in [-0.2, 0) is 9.59 Å². The van der Waals surface area contributed by atoms with E-state index >= 15 is 4.39 Å². The highest BCUT2D eigenvalue weighted by Crippen LogP contribution is 2.34. The Kier molecular flexibility index (Phi) is 6.43. The summed E-state index contributed by atoms with van der Waals surface area (Å²) >= 11 is 1.98. The van der Waals surface area contributed by atoms with Crippen LogP contribution in [0, 0.1) is 9.39 Å². The van der Waals surface area contributed by atoms with Gasteiger partial charge in [0.05, 0.1) is 3.57 Å². The first-order valence-corrected chi connectivity index (χ1v) is 9.68. The van der Waals surface area contributed by atoms with E-state index in [1.807, 2.05) is 28.7 Å². The SMILES string of the molecule is C=CC(=O)Oc1ccc(-c2ccc(-c3ccc(OC(C)=O)cc3)c(F)c2I)cc1. The minimum atomic E-state index is -0.539. The maximum absolute atomic E-state index is 15.1. The highest BCUT2D eigenvalue weighted by molar-refractivity contribution is 14.1. The molecule has 0 amide bonds. The fraction of sp³-hybridized carbons (Fsp3) is 0.0435. The van der Waals surface area contributed by atoms with Crippen molar-refractivity contribution in [3.63, 3.8) is 0 Å². The van der Waals surface area contributed by atoms with Gasteiger partial charge in [0.1, 0.15) is 17.3 Å². The Labute approximate surface area is 181 Å². The van der Waals surface area contributed by atoms with Crippen LogP contribution in [0.1, 0.15) is 6.92 Å². The molecule has 0 saturated heterocycles. The first-order chi connectivity index (χ1) is 13.9. The average Bonchev–Trinajstić information content (AvgIpc) is 2.71. The minimum Gasteiger partial charge on any atom is -0.427 e. The van der Waals surface area contributed by atoms with Crippen LogP contribution in [-0.4, -0.2) is 11.9 Å². The van der Waals surface area contributed by atoms with Gasteiger partial charge >= 0.3 is 11.9 Å². The lowest BCUT2D eigenvalue weighted by Gasteiger charge is -2.11. The smallest absolute Gasteiger partial charge is 0.335 e. The van der Waals surface area contributed by atoms with Crippen LogP contribution in [0.4, 0.5) is 4.39 Å². The Morgan fingerprint density at radius 3 is 1.86 bits per heavy atom. The second-order valence-corrected chi connectivity index (χ2v) is 7.14. The van der Waals surface area contributed by atoms with Crippen LogP contribution in [0.2, 0.25) is 0 Å².